The van der Waals surface area contributed by atoms with Gasteiger partial charge >= 0.3 is 0 Å². The van der Waals surface area contributed by atoms with Crippen LogP contribution in [0.1, 0.15) is 0 Å². The van der Waals surface area contributed by atoms with E-state index in [-0.39, 0.29) is 0 Å². The lowest BCUT2D eigenvalue weighted by Gasteiger charge is -2.17. The van der Waals surface area contributed by atoms with Crippen LogP contribution in [0.4, 0.5) is 0 Å². The lowest BCUT2D eigenvalue weighted by molar-refractivity contribution is -0.313. The van der Waals surface area contributed by atoms with Gasteiger partial charge in [-0.3, -0.25) is 0 Å². The first-order valence-electron chi connectivity index (χ1n) is 2.16. The number of halogens is 2. The molecule has 0 amide bonds. The quantitative estimate of drug-likeness (QED) is 0.558. The molecule has 0 N–H and O–H groups in total. The molecule has 0 rings (SSSR count). The molecule has 0 fully saturated rings. The van der Waals surface area contributed by atoms with E-state index in [1.807, 2.05) is 0 Å². The number of carbonyl (C=O) groups excluding carboxylic acids is 2. The van der Waals surface area contributed by atoms with Crippen LogP contribution in [-0.2, 0) is 9.59 Å². The molecule has 6 heteroatoms. The number of carboxylic acids is 2. The summed E-state index contributed by atoms with van der Waals surface area (Å²) in [5, 5.41) is 19.9. The van der Waals surface area contributed by atoms with Crippen LogP contribution < -0.4 is 10.2 Å². The van der Waals surface area contributed by atoms with Gasteiger partial charge in [0.1, 0.15) is 0 Å². The fourth-order valence-corrected chi connectivity index (χ4v) is 0.671. The van der Waals surface area contributed by atoms with Crippen LogP contribution in [0.15, 0.2) is 0 Å². The second kappa shape index (κ2) is 3.92. The molecule has 0 radical (unpaired) electrons. The highest BCUT2D eigenvalue weighted by Gasteiger charge is 2.17. The van der Waals surface area contributed by atoms with Crippen molar-refractivity contribution in [3.8, 4) is 0 Å². The Labute approximate surface area is 73.5 Å². The lowest BCUT2D eigenvalue weighted by Crippen LogP contribution is -2.45. The molecule has 0 aromatic carbocycles. The van der Waals surface area contributed by atoms with Gasteiger partial charge in [0.05, 0.1) is 21.6 Å². The SMILES string of the molecule is O=C([O-])[C@@H](Br)[C@@H](Br)C(=O)[O-]. The molecule has 0 saturated heterocycles. The van der Waals surface area contributed by atoms with Crippen LogP contribution in [0.25, 0.3) is 0 Å². The molecule has 0 heterocycles. The molecule has 0 aliphatic heterocycles. The lowest BCUT2D eigenvalue weighted by atomic mass is 10.3. The van der Waals surface area contributed by atoms with E-state index >= 15 is 0 Å². The predicted molar refractivity (Wildman–Crippen MR) is 35.4 cm³/mol. The number of hydrogen-bond acceptors (Lipinski definition) is 4. The van der Waals surface area contributed by atoms with Crippen LogP contribution in [-0.4, -0.2) is 21.6 Å². The molecule has 0 unspecified atom stereocenters. The summed E-state index contributed by atoms with van der Waals surface area (Å²) in [6.45, 7) is 0. The van der Waals surface area contributed by atoms with E-state index in [0.717, 1.165) is 0 Å². The molecule has 0 saturated carbocycles. The minimum absolute atomic E-state index is 1.27. The average Bonchev–Trinajstić information content (AvgIpc) is 1.84. The summed E-state index contributed by atoms with van der Waals surface area (Å²) < 4.78 is 0. The molecule has 10 heavy (non-hydrogen) atoms. The molecule has 0 aromatic rings. The van der Waals surface area contributed by atoms with Crippen molar-refractivity contribution in [3.05, 3.63) is 0 Å². The van der Waals surface area contributed by atoms with Gasteiger partial charge in [0.2, 0.25) is 0 Å². The van der Waals surface area contributed by atoms with Crippen LogP contribution >= 0.6 is 31.9 Å². The largest absolute Gasteiger partial charge is 0.549 e. The summed E-state index contributed by atoms with van der Waals surface area (Å²) in [6.07, 6.45) is 0. The highest BCUT2D eigenvalue weighted by atomic mass is 79.9. The normalized spacial score (nSPS) is 15.8. The maximum absolute atomic E-state index is 9.97. The Morgan fingerprint density at radius 1 is 1.00 bits per heavy atom. The van der Waals surface area contributed by atoms with Gasteiger partial charge < -0.3 is 19.8 Å². The topological polar surface area (TPSA) is 80.3 Å². The number of alkyl halides is 2. The maximum atomic E-state index is 9.97. The van der Waals surface area contributed by atoms with Gasteiger partial charge in [-0.1, -0.05) is 31.9 Å². The van der Waals surface area contributed by atoms with E-state index in [1.165, 1.54) is 0 Å². The first kappa shape index (κ1) is 9.90. The number of aliphatic carboxylic acids is 2. The summed E-state index contributed by atoms with van der Waals surface area (Å²) in [6, 6.07) is 0. The van der Waals surface area contributed by atoms with E-state index in [2.05, 4.69) is 31.9 Å². The van der Waals surface area contributed by atoms with Gasteiger partial charge in [-0.15, -0.1) is 0 Å². The molecule has 0 bridgehead atoms. The Balaban J connectivity index is 4.07. The van der Waals surface area contributed by atoms with Gasteiger partial charge in [0, 0.05) is 0 Å². The third-order valence-electron chi connectivity index (χ3n) is 0.707. The Bertz CT molecular complexity index is 139. The van der Waals surface area contributed by atoms with Gasteiger partial charge in [-0.05, 0) is 0 Å². The van der Waals surface area contributed by atoms with Crippen molar-refractivity contribution in [2.75, 3.05) is 0 Å². The standard InChI is InChI=1S/C4H4Br2O4/c5-1(3(7)8)2(6)4(9)10/h1-2H,(H,7,8)(H,9,10)/p-2/t1-,2+. The van der Waals surface area contributed by atoms with Gasteiger partial charge in [-0.25, -0.2) is 0 Å². The highest BCUT2D eigenvalue weighted by molar-refractivity contribution is 9.12. The van der Waals surface area contributed by atoms with E-state index in [1.54, 1.807) is 0 Å². The fourth-order valence-electron chi connectivity index (χ4n) is 0.239. The highest BCUT2D eigenvalue weighted by Crippen LogP contribution is 2.12. The Morgan fingerprint density at radius 2 is 1.20 bits per heavy atom. The minimum Gasteiger partial charge on any atom is -0.549 e. The molecule has 2 atom stereocenters. The molecule has 0 aliphatic rings. The van der Waals surface area contributed by atoms with Crippen molar-refractivity contribution in [2.45, 2.75) is 9.65 Å². The van der Waals surface area contributed by atoms with Crippen molar-refractivity contribution >= 4 is 43.8 Å². The molecular formula is C4H2Br2O4-2. The molecule has 0 aliphatic carbocycles. The summed E-state index contributed by atoms with van der Waals surface area (Å²) in [4.78, 5) is 17.4. The summed E-state index contributed by atoms with van der Waals surface area (Å²) >= 11 is 5.16. The maximum Gasteiger partial charge on any atom is 0.0719 e. The Hall–Kier alpha value is -0.100. The van der Waals surface area contributed by atoms with E-state index in [0.29, 0.717) is 0 Å². The Morgan fingerprint density at radius 3 is 1.30 bits per heavy atom. The predicted octanol–water partition coefficient (Wildman–Crippen LogP) is -1.99. The Kier molecular flexibility index (Phi) is 3.88. The molecular weight excluding hydrogens is 272 g/mol. The zero-order chi connectivity index (χ0) is 8.31. The number of rotatable bonds is 3. The molecule has 0 spiro atoms. The summed E-state index contributed by atoms with van der Waals surface area (Å²) in [5.41, 5.74) is 0. The van der Waals surface area contributed by atoms with Gasteiger partial charge in [0.15, 0.2) is 0 Å². The molecule has 58 valence electrons. The van der Waals surface area contributed by atoms with Crippen molar-refractivity contribution in [3.63, 3.8) is 0 Å². The molecule has 0 aromatic heterocycles. The monoisotopic (exact) mass is 272 g/mol. The zero-order valence-corrected chi connectivity index (χ0v) is 7.72. The van der Waals surface area contributed by atoms with E-state index in [9.17, 15) is 19.8 Å². The van der Waals surface area contributed by atoms with Crippen molar-refractivity contribution in [2.24, 2.45) is 0 Å². The van der Waals surface area contributed by atoms with E-state index < -0.39 is 21.6 Å². The van der Waals surface area contributed by atoms with Crippen molar-refractivity contribution in [1.82, 2.24) is 0 Å². The minimum atomic E-state index is -1.49. The van der Waals surface area contributed by atoms with Crippen LogP contribution in [0.3, 0.4) is 0 Å². The third kappa shape index (κ3) is 2.66. The van der Waals surface area contributed by atoms with E-state index in [4.69, 9.17) is 0 Å². The second-order valence-electron chi connectivity index (χ2n) is 1.44. The van der Waals surface area contributed by atoms with Crippen LogP contribution in [0.2, 0.25) is 0 Å². The number of hydrogen-bond donors (Lipinski definition) is 0. The number of carbonyl (C=O) groups is 2. The van der Waals surface area contributed by atoms with Crippen LogP contribution in [0.5, 0.6) is 0 Å². The summed E-state index contributed by atoms with van der Waals surface area (Å²) in [7, 11) is 0. The van der Waals surface area contributed by atoms with Crippen molar-refractivity contribution < 1.29 is 19.8 Å². The van der Waals surface area contributed by atoms with Crippen LogP contribution in [0, 0.1) is 0 Å². The molecule has 4 nitrogen and oxygen atoms in total. The zero-order valence-electron chi connectivity index (χ0n) is 4.54. The number of carboxylic acid groups (broad SMARTS) is 2. The smallest absolute Gasteiger partial charge is 0.0719 e. The van der Waals surface area contributed by atoms with Gasteiger partial charge in [0.25, 0.3) is 0 Å². The average molecular weight is 274 g/mol. The van der Waals surface area contributed by atoms with Gasteiger partial charge in [-0.2, -0.15) is 0 Å². The van der Waals surface area contributed by atoms with Crippen molar-refractivity contribution in [1.29, 1.82) is 0 Å². The first-order chi connectivity index (χ1) is 4.46. The third-order valence-corrected chi connectivity index (χ3v) is 3.22. The fraction of sp³-hybridized carbons (Fsp3) is 0.500. The first-order valence-corrected chi connectivity index (χ1v) is 3.99. The second-order valence-corrected chi connectivity index (χ2v) is 3.41. The summed E-state index contributed by atoms with van der Waals surface area (Å²) in [5.74, 6) is -2.99.